The van der Waals surface area contributed by atoms with Gasteiger partial charge in [-0.3, -0.25) is 29.2 Å². The van der Waals surface area contributed by atoms with Gasteiger partial charge in [0.15, 0.2) is 6.10 Å². The van der Waals surface area contributed by atoms with Gasteiger partial charge in [0.2, 0.25) is 5.91 Å². The van der Waals surface area contributed by atoms with Crippen LogP contribution < -0.4 is 16.1 Å². The van der Waals surface area contributed by atoms with Crippen molar-refractivity contribution in [3.05, 3.63) is 47.7 Å². The third-order valence-electron chi connectivity index (χ3n) is 8.19. The van der Waals surface area contributed by atoms with Gasteiger partial charge in [0.1, 0.15) is 17.5 Å². The van der Waals surface area contributed by atoms with Gasteiger partial charge < -0.3 is 20.1 Å². The average molecular weight is 578 g/mol. The van der Waals surface area contributed by atoms with Crippen molar-refractivity contribution in [2.75, 3.05) is 19.8 Å². The molecule has 0 aliphatic carbocycles. The molecule has 4 heterocycles. The van der Waals surface area contributed by atoms with Crippen molar-refractivity contribution in [3.8, 4) is 0 Å². The van der Waals surface area contributed by atoms with Crippen molar-refractivity contribution >= 4 is 40.7 Å². The van der Waals surface area contributed by atoms with Crippen LogP contribution in [0.3, 0.4) is 0 Å². The molecule has 0 saturated carbocycles. The second-order valence-corrected chi connectivity index (χ2v) is 11.8. The SMILES string of the molecule is CC(C)[C@@H]1OC(=O)C2(C=Cc3ccc4ccc(nc4c3)[C@@H](C)NC(=O)[C@@H]3CCCN(N3)C(=O)[C@H](C)NC1=O)CCOC2. The Morgan fingerprint density at radius 2 is 1.79 bits per heavy atom. The number of carbonyl (C=O) groups is 4. The molecule has 3 N–H and O–H groups in total. The van der Waals surface area contributed by atoms with Gasteiger partial charge in [-0.1, -0.05) is 44.2 Å². The Bertz CT molecular complexity index is 1400. The number of hydrazine groups is 1. The summed E-state index contributed by atoms with van der Waals surface area (Å²) in [7, 11) is 0. The van der Waals surface area contributed by atoms with Crippen molar-refractivity contribution in [1.82, 2.24) is 26.1 Å². The second-order valence-electron chi connectivity index (χ2n) is 11.8. The lowest BCUT2D eigenvalue weighted by atomic mass is 9.86. The van der Waals surface area contributed by atoms with E-state index in [0.717, 1.165) is 16.5 Å². The van der Waals surface area contributed by atoms with Gasteiger partial charge in [-0.25, -0.2) is 5.43 Å². The molecule has 224 valence electrons. The van der Waals surface area contributed by atoms with E-state index in [9.17, 15) is 19.2 Å². The first-order valence-electron chi connectivity index (χ1n) is 14.6. The van der Waals surface area contributed by atoms with Crippen LogP contribution in [-0.4, -0.2) is 71.6 Å². The summed E-state index contributed by atoms with van der Waals surface area (Å²) in [5.74, 6) is -2.07. The zero-order chi connectivity index (χ0) is 30.0. The minimum Gasteiger partial charge on any atom is -0.451 e. The fourth-order valence-electron chi connectivity index (χ4n) is 5.53. The highest BCUT2D eigenvalue weighted by molar-refractivity contribution is 5.92. The highest BCUT2D eigenvalue weighted by atomic mass is 16.6. The first-order chi connectivity index (χ1) is 20.1. The Labute approximate surface area is 245 Å². The minimum absolute atomic E-state index is 0.138. The van der Waals surface area contributed by atoms with Crippen molar-refractivity contribution in [2.24, 2.45) is 11.3 Å². The van der Waals surface area contributed by atoms with E-state index in [-0.39, 0.29) is 30.4 Å². The van der Waals surface area contributed by atoms with Gasteiger partial charge in [0.25, 0.3) is 11.8 Å². The van der Waals surface area contributed by atoms with Crippen LogP contribution in [0.5, 0.6) is 0 Å². The molecule has 1 spiro atoms. The summed E-state index contributed by atoms with van der Waals surface area (Å²) in [6, 6.07) is 7.78. The Morgan fingerprint density at radius 1 is 1.02 bits per heavy atom. The molecular formula is C31H39N5O6. The van der Waals surface area contributed by atoms with Crippen molar-refractivity contribution in [3.63, 3.8) is 0 Å². The lowest BCUT2D eigenvalue weighted by Crippen LogP contribution is -2.61. The summed E-state index contributed by atoms with van der Waals surface area (Å²) < 4.78 is 11.5. The molecule has 2 saturated heterocycles. The smallest absolute Gasteiger partial charge is 0.319 e. The summed E-state index contributed by atoms with van der Waals surface area (Å²) in [6.45, 7) is 7.93. The second kappa shape index (κ2) is 12.2. The van der Waals surface area contributed by atoms with Gasteiger partial charge >= 0.3 is 5.97 Å². The number of esters is 1. The molecule has 0 radical (unpaired) electrons. The summed E-state index contributed by atoms with van der Waals surface area (Å²) in [5.41, 5.74) is 4.26. The Balaban J connectivity index is 1.52. The number of cyclic esters (lactones) is 1. The molecule has 1 unspecified atom stereocenters. The number of pyridine rings is 1. The lowest BCUT2D eigenvalue weighted by molar-refractivity contribution is -0.166. The molecule has 5 atom stereocenters. The van der Waals surface area contributed by atoms with Crippen molar-refractivity contribution in [2.45, 2.75) is 71.2 Å². The Morgan fingerprint density at radius 3 is 2.52 bits per heavy atom. The van der Waals surface area contributed by atoms with Crippen LogP contribution in [0.15, 0.2) is 36.4 Å². The van der Waals surface area contributed by atoms with Crippen LogP contribution in [0, 0.1) is 11.3 Å². The first kappa shape index (κ1) is 29.7. The number of hydrogen-bond acceptors (Lipinski definition) is 8. The number of carbonyl (C=O) groups excluding carboxylic acids is 4. The zero-order valence-corrected chi connectivity index (χ0v) is 24.5. The van der Waals surface area contributed by atoms with Crippen LogP contribution in [-0.2, 0) is 28.7 Å². The predicted octanol–water partition coefficient (Wildman–Crippen LogP) is 2.41. The quantitative estimate of drug-likeness (QED) is 0.440. The van der Waals surface area contributed by atoms with Crippen LogP contribution >= 0.6 is 0 Å². The zero-order valence-electron chi connectivity index (χ0n) is 24.5. The van der Waals surface area contributed by atoms with Crippen LogP contribution in [0.25, 0.3) is 17.0 Å². The number of aromatic nitrogens is 1. The first-order valence-corrected chi connectivity index (χ1v) is 14.6. The number of nitrogens with zero attached hydrogens (tertiary/aromatic N) is 2. The number of benzene rings is 1. The number of hydrogen-bond donors (Lipinski definition) is 3. The van der Waals surface area contributed by atoms with E-state index < -0.39 is 35.5 Å². The predicted molar refractivity (Wildman–Crippen MR) is 155 cm³/mol. The highest BCUT2D eigenvalue weighted by Gasteiger charge is 2.44. The lowest BCUT2D eigenvalue weighted by Gasteiger charge is -2.35. The Kier molecular flexibility index (Phi) is 8.60. The van der Waals surface area contributed by atoms with E-state index in [1.54, 1.807) is 26.8 Å². The van der Waals surface area contributed by atoms with Gasteiger partial charge in [-0.05, 0) is 56.7 Å². The summed E-state index contributed by atoms with van der Waals surface area (Å²) in [4.78, 5) is 58.2. The Hall–Kier alpha value is -3.83. The molecule has 2 aromatic rings. The third kappa shape index (κ3) is 6.17. The van der Waals surface area contributed by atoms with E-state index in [4.69, 9.17) is 14.5 Å². The molecule has 42 heavy (non-hydrogen) atoms. The molecule has 3 aliphatic heterocycles. The topological polar surface area (TPSA) is 139 Å². The molecule has 5 rings (SSSR count). The van der Waals surface area contributed by atoms with Crippen LogP contribution in [0.4, 0.5) is 0 Å². The fraction of sp³-hybridized carbons (Fsp3) is 0.516. The number of rotatable bonds is 1. The monoisotopic (exact) mass is 577 g/mol. The van der Waals surface area contributed by atoms with E-state index >= 15 is 0 Å². The average Bonchev–Trinajstić information content (AvgIpc) is 3.47. The summed E-state index contributed by atoms with van der Waals surface area (Å²) in [5, 5.41) is 8.06. The normalized spacial score (nSPS) is 29.6. The largest absolute Gasteiger partial charge is 0.451 e. The van der Waals surface area contributed by atoms with Crippen molar-refractivity contribution in [1.29, 1.82) is 0 Å². The molecule has 11 nitrogen and oxygen atoms in total. The maximum Gasteiger partial charge on any atom is 0.319 e. The standard InChI is InChI=1S/C31H39N5O6/c1-18(2)26-28(38)33-20(4)29(39)36-14-5-6-24(35-36)27(37)32-19(3)23-10-9-22-8-7-21(16-25(22)34-23)11-12-31(30(40)42-26)13-15-41-17-31/h7-12,16,18-20,24,26,35H,5-6,13-15,17H2,1-4H3,(H,32,37)(H,33,38)/t19-,20+,24+,26+,31?/m1/s1. The molecule has 11 heteroatoms. The van der Waals surface area contributed by atoms with Gasteiger partial charge in [-0.2, -0.15) is 0 Å². The van der Waals surface area contributed by atoms with E-state index in [0.29, 0.717) is 38.1 Å². The minimum atomic E-state index is -1.11. The number of ether oxygens (including phenoxy) is 2. The van der Waals surface area contributed by atoms with E-state index in [1.165, 1.54) is 5.01 Å². The molecule has 1 aromatic carbocycles. The molecule has 3 amide bonds. The molecule has 3 aliphatic rings. The number of amides is 3. The maximum absolute atomic E-state index is 13.6. The van der Waals surface area contributed by atoms with Gasteiger partial charge in [0, 0.05) is 18.5 Å². The maximum atomic E-state index is 13.6. The van der Waals surface area contributed by atoms with E-state index in [1.807, 2.05) is 43.3 Å². The van der Waals surface area contributed by atoms with Crippen LogP contribution in [0.2, 0.25) is 0 Å². The van der Waals surface area contributed by atoms with Crippen molar-refractivity contribution < 1.29 is 28.7 Å². The van der Waals surface area contributed by atoms with Gasteiger partial charge in [0.05, 0.1) is 23.9 Å². The summed E-state index contributed by atoms with van der Waals surface area (Å²) in [6.07, 6.45) is 4.12. The molecule has 2 fully saturated rings. The summed E-state index contributed by atoms with van der Waals surface area (Å²) >= 11 is 0. The fourth-order valence-corrected chi connectivity index (χ4v) is 5.53. The molecule has 1 aromatic heterocycles. The van der Waals surface area contributed by atoms with Crippen LogP contribution in [0.1, 0.15) is 64.3 Å². The van der Waals surface area contributed by atoms with Gasteiger partial charge in [-0.15, -0.1) is 0 Å². The molecule has 5 bridgehead atoms. The molecular weight excluding hydrogens is 538 g/mol. The third-order valence-corrected chi connectivity index (χ3v) is 8.19. The number of nitrogens with one attached hydrogen (secondary N) is 3. The number of fused-ring (bicyclic) bond motifs is 4. The van der Waals surface area contributed by atoms with E-state index in [2.05, 4.69) is 16.1 Å². The highest BCUT2D eigenvalue weighted by Crippen LogP contribution is 2.34.